The fourth-order valence-corrected chi connectivity index (χ4v) is 3.55. The van der Waals surface area contributed by atoms with Crippen molar-refractivity contribution in [1.82, 2.24) is 0 Å². The lowest BCUT2D eigenvalue weighted by Crippen LogP contribution is -2.60. The van der Waals surface area contributed by atoms with E-state index in [-0.39, 0.29) is 29.5 Å². The molecule has 0 radical (unpaired) electrons. The molecule has 0 unspecified atom stereocenters. The predicted octanol–water partition coefficient (Wildman–Crippen LogP) is 0.277. The number of aromatic hydroxyl groups is 1. The van der Waals surface area contributed by atoms with Crippen LogP contribution in [0.2, 0.25) is 0 Å². The van der Waals surface area contributed by atoms with Gasteiger partial charge < -0.3 is 39.7 Å². The molecule has 2 aromatic rings. The maximum Gasteiger partial charge on any atom is 0.229 e. The zero-order chi connectivity index (χ0) is 21.4. The van der Waals surface area contributed by atoms with Crippen LogP contribution in [-0.4, -0.2) is 68.6 Å². The SMILES string of the molecule is O=C1C[C@H](c2ccc(O)cc2)Oc2cc(O[C@H]3O[C@@H](CO)[C@H](O)[C@H](O)[C@@H]3O)ccc21. The van der Waals surface area contributed by atoms with E-state index in [1.54, 1.807) is 12.1 Å². The van der Waals surface area contributed by atoms with Gasteiger partial charge in [-0.2, -0.15) is 0 Å². The molecule has 9 heteroatoms. The number of aliphatic hydroxyl groups excluding tert-OH is 4. The summed E-state index contributed by atoms with van der Waals surface area (Å²) in [6.07, 6.45) is -7.42. The van der Waals surface area contributed by atoms with Gasteiger partial charge in [0, 0.05) is 6.07 Å². The molecule has 5 N–H and O–H groups in total. The van der Waals surface area contributed by atoms with E-state index in [1.807, 2.05) is 0 Å². The van der Waals surface area contributed by atoms with Crippen molar-refractivity contribution >= 4 is 5.78 Å². The van der Waals surface area contributed by atoms with Gasteiger partial charge in [0.25, 0.3) is 0 Å². The van der Waals surface area contributed by atoms with Crippen molar-refractivity contribution in [2.75, 3.05) is 6.61 Å². The minimum atomic E-state index is -1.56. The molecule has 9 nitrogen and oxygen atoms in total. The van der Waals surface area contributed by atoms with Gasteiger partial charge in [0.1, 0.15) is 47.8 Å². The molecule has 2 aromatic carbocycles. The Morgan fingerprint density at radius 3 is 2.43 bits per heavy atom. The molecule has 0 aliphatic carbocycles. The van der Waals surface area contributed by atoms with E-state index in [9.17, 15) is 30.3 Å². The predicted molar refractivity (Wildman–Crippen MR) is 101 cm³/mol. The zero-order valence-corrected chi connectivity index (χ0v) is 15.8. The fourth-order valence-electron chi connectivity index (χ4n) is 3.55. The maximum absolute atomic E-state index is 12.5. The highest BCUT2D eigenvalue weighted by Gasteiger charge is 2.44. The zero-order valence-electron chi connectivity index (χ0n) is 15.8. The number of carbonyl (C=O) groups is 1. The molecule has 4 rings (SSSR count). The topological polar surface area (TPSA) is 146 Å². The number of ketones is 1. The number of ether oxygens (including phenoxy) is 3. The van der Waals surface area contributed by atoms with Gasteiger partial charge in [0.05, 0.1) is 18.6 Å². The lowest BCUT2D eigenvalue weighted by Gasteiger charge is -2.39. The normalized spacial score (nSPS) is 31.0. The Morgan fingerprint density at radius 1 is 1.00 bits per heavy atom. The minimum Gasteiger partial charge on any atom is -0.508 e. The van der Waals surface area contributed by atoms with Crippen LogP contribution in [0.1, 0.15) is 28.4 Å². The average molecular weight is 418 g/mol. The summed E-state index contributed by atoms with van der Waals surface area (Å²) in [6, 6.07) is 10.9. The van der Waals surface area contributed by atoms with E-state index in [4.69, 9.17) is 14.2 Å². The second-order valence-electron chi connectivity index (χ2n) is 7.30. The van der Waals surface area contributed by atoms with Crippen molar-refractivity contribution in [3.8, 4) is 17.2 Å². The molecule has 0 aromatic heterocycles. The van der Waals surface area contributed by atoms with Gasteiger partial charge in [0.2, 0.25) is 6.29 Å². The highest BCUT2D eigenvalue weighted by atomic mass is 16.7. The van der Waals surface area contributed by atoms with Crippen molar-refractivity contribution in [2.24, 2.45) is 0 Å². The van der Waals surface area contributed by atoms with Crippen LogP contribution < -0.4 is 9.47 Å². The maximum atomic E-state index is 12.5. The quantitative estimate of drug-likeness (QED) is 0.472. The number of fused-ring (bicyclic) bond motifs is 1. The third-order valence-corrected chi connectivity index (χ3v) is 5.26. The summed E-state index contributed by atoms with van der Waals surface area (Å²) in [5.41, 5.74) is 1.11. The van der Waals surface area contributed by atoms with Crippen LogP contribution in [-0.2, 0) is 4.74 Å². The van der Waals surface area contributed by atoms with Gasteiger partial charge in [-0.1, -0.05) is 12.1 Å². The first-order valence-electron chi connectivity index (χ1n) is 9.47. The van der Waals surface area contributed by atoms with Crippen molar-refractivity contribution in [1.29, 1.82) is 0 Å². The molecule has 0 bridgehead atoms. The van der Waals surface area contributed by atoms with E-state index in [0.29, 0.717) is 5.56 Å². The molecule has 30 heavy (non-hydrogen) atoms. The molecular weight excluding hydrogens is 396 g/mol. The molecule has 0 amide bonds. The number of hydrogen-bond donors (Lipinski definition) is 5. The summed E-state index contributed by atoms with van der Waals surface area (Å²) in [6.45, 7) is -0.569. The third-order valence-electron chi connectivity index (χ3n) is 5.26. The second-order valence-corrected chi connectivity index (χ2v) is 7.30. The van der Waals surface area contributed by atoms with Crippen LogP contribution in [0, 0.1) is 0 Å². The van der Waals surface area contributed by atoms with Gasteiger partial charge >= 0.3 is 0 Å². The summed E-state index contributed by atoms with van der Waals surface area (Å²) in [5.74, 6) is 0.480. The molecule has 0 saturated carbocycles. The van der Waals surface area contributed by atoms with Crippen LogP contribution in [0.15, 0.2) is 42.5 Å². The second kappa shape index (κ2) is 8.21. The molecule has 160 valence electrons. The lowest BCUT2D eigenvalue weighted by molar-refractivity contribution is -0.277. The molecule has 0 spiro atoms. The molecule has 1 saturated heterocycles. The number of phenols is 1. The lowest BCUT2D eigenvalue weighted by atomic mass is 9.96. The van der Waals surface area contributed by atoms with Gasteiger partial charge in [-0.3, -0.25) is 4.79 Å². The molecule has 2 aliphatic heterocycles. The van der Waals surface area contributed by atoms with Gasteiger partial charge in [-0.05, 0) is 29.8 Å². The monoisotopic (exact) mass is 418 g/mol. The molecule has 1 fully saturated rings. The standard InChI is InChI=1S/C21H22O9/c22-9-17-18(25)19(26)20(27)21(30-17)28-12-5-6-13-14(24)8-15(29-16(13)7-12)10-1-3-11(23)4-2-10/h1-7,15,17-23,25-27H,8-9H2/t15-,17+,18+,19+,20+,21+/m1/s1. The Hall–Kier alpha value is -2.69. The minimum absolute atomic E-state index is 0.108. The number of carbonyl (C=O) groups excluding carboxylic acids is 1. The van der Waals surface area contributed by atoms with Crippen LogP contribution in [0.25, 0.3) is 0 Å². The highest BCUT2D eigenvalue weighted by Crippen LogP contribution is 2.38. The Balaban J connectivity index is 1.54. The number of hydrogen-bond acceptors (Lipinski definition) is 9. The Kier molecular flexibility index (Phi) is 5.63. The molecule has 6 atom stereocenters. The molecular formula is C21H22O9. The van der Waals surface area contributed by atoms with Crippen LogP contribution in [0.4, 0.5) is 0 Å². The number of benzene rings is 2. The average Bonchev–Trinajstić information content (AvgIpc) is 2.74. The first-order chi connectivity index (χ1) is 14.4. The van der Waals surface area contributed by atoms with Crippen molar-refractivity contribution in [3.63, 3.8) is 0 Å². The van der Waals surface area contributed by atoms with E-state index in [1.165, 1.54) is 30.3 Å². The Labute approximate surface area is 171 Å². The van der Waals surface area contributed by atoms with Crippen molar-refractivity contribution < 1.29 is 44.5 Å². The first kappa shape index (κ1) is 20.6. The van der Waals surface area contributed by atoms with E-state index in [0.717, 1.165) is 5.56 Å². The van der Waals surface area contributed by atoms with E-state index >= 15 is 0 Å². The Bertz CT molecular complexity index is 911. The number of phenolic OH excluding ortho intramolecular Hbond substituents is 1. The Morgan fingerprint density at radius 2 is 1.73 bits per heavy atom. The summed E-state index contributed by atoms with van der Waals surface area (Å²) in [7, 11) is 0. The summed E-state index contributed by atoms with van der Waals surface area (Å²) in [4.78, 5) is 12.5. The molecule has 2 heterocycles. The van der Waals surface area contributed by atoms with Crippen LogP contribution in [0.3, 0.4) is 0 Å². The molecule has 2 aliphatic rings. The van der Waals surface area contributed by atoms with Crippen LogP contribution >= 0.6 is 0 Å². The largest absolute Gasteiger partial charge is 0.508 e. The number of aliphatic hydroxyl groups is 4. The van der Waals surface area contributed by atoms with Gasteiger partial charge in [-0.25, -0.2) is 0 Å². The summed E-state index contributed by atoms with van der Waals surface area (Å²) < 4.78 is 16.9. The van der Waals surface area contributed by atoms with Crippen LogP contribution in [0.5, 0.6) is 17.2 Å². The highest BCUT2D eigenvalue weighted by molar-refractivity contribution is 6.00. The number of Topliss-reactive ketones (excluding diaryl/α,β-unsaturated/α-hetero) is 1. The van der Waals surface area contributed by atoms with Crippen molar-refractivity contribution in [2.45, 2.75) is 43.2 Å². The third kappa shape index (κ3) is 3.85. The van der Waals surface area contributed by atoms with Gasteiger partial charge in [0.15, 0.2) is 5.78 Å². The van der Waals surface area contributed by atoms with E-state index < -0.39 is 43.4 Å². The fraction of sp³-hybridized carbons (Fsp3) is 0.381. The number of rotatable bonds is 4. The van der Waals surface area contributed by atoms with Gasteiger partial charge in [-0.15, -0.1) is 0 Å². The first-order valence-corrected chi connectivity index (χ1v) is 9.47. The van der Waals surface area contributed by atoms with E-state index in [2.05, 4.69) is 0 Å². The smallest absolute Gasteiger partial charge is 0.229 e. The summed E-state index contributed by atoms with van der Waals surface area (Å²) >= 11 is 0. The summed E-state index contributed by atoms with van der Waals surface area (Å²) in [5, 5.41) is 48.6. The van der Waals surface area contributed by atoms with Crippen molar-refractivity contribution in [3.05, 3.63) is 53.6 Å².